The molecule has 1 aliphatic heterocycles. The van der Waals surface area contributed by atoms with E-state index in [2.05, 4.69) is 74.1 Å². The predicted octanol–water partition coefficient (Wildman–Crippen LogP) is 4.96. The van der Waals surface area contributed by atoms with Crippen LogP contribution in [0.15, 0.2) is 76.9 Å². The number of H-pyrrole nitrogens is 1. The van der Waals surface area contributed by atoms with Gasteiger partial charge in [0.2, 0.25) is 0 Å². The van der Waals surface area contributed by atoms with E-state index >= 15 is 0 Å². The molecule has 2 aromatic carbocycles. The van der Waals surface area contributed by atoms with Gasteiger partial charge >= 0.3 is 0 Å². The molecular formula is C30H32N6O2S. The number of rotatable bonds is 10. The highest BCUT2D eigenvalue weighted by molar-refractivity contribution is 7.09. The van der Waals surface area contributed by atoms with Gasteiger partial charge in [0.15, 0.2) is 5.82 Å². The Bertz CT molecular complexity index is 1570. The molecule has 0 spiro atoms. The lowest BCUT2D eigenvalue weighted by Gasteiger charge is -2.32. The summed E-state index contributed by atoms with van der Waals surface area (Å²) >= 11 is 1.71. The number of aromatic amines is 1. The van der Waals surface area contributed by atoms with E-state index in [-0.39, 0.29) is 11.7 Å². The molecule has 1 saturated heterocycles. The molecule has 6 rings (SSSR count). The Balaban J connectivity index is 1.50. The number of fused-ring (bicyclic) bond motifs is 1. The predicted molar refractivity (Wildman–Crippen MR) is 153 cm³/mol. The van der Waals surface area contributed by atoms with Gasteiger partial charge in [0.1, 0.15) is 6.04 Å². The number of pyridine rings is 1. The van der Waals surface area contributed by atoms with Crippen LogP contribution in [0.2, 0.25) is 0 Å². The fraction of sp³-hybridized carbons (Fsp3) is 0.333. The summed E-state index contributed by atoms with van der Waals surface area (Å²) in [5.41, 5.74) is 3.64. The number of ether oxygens (including phenoxy) is 1. The van der Waals surface area contributed by atoms with Crippen LogP contribution >= 0.6 is 11.3 Å². The first-order chi connectivity index (χ1) is 19.2. The largest absolute Gasteiger partial charge is 0.377 e. The SMILES string of the molecule is CCc1ccc2[nH]c(=O)c([C@@H](c3nnnn3Cc3ccccc3)N(Cc3cccs3)C[C@@H]3CCCO3)cc2c1. The van der Waals surface area contributed by atoms with Crippen molar-refractivity contribution in [2.24, 2.45) is 0 Å². The minimum absolute atomic E-state index is 0.0946. The minimum atomic E-state index is -0.464. The Kier molecular flexibility index (Phi) is 7.62. The zero-order chi connectivity index (χ0) is 26.6. The highest BCUT2D eigenvalue weighted by atomic mass is 32.1. The third-order valence-corrected chi connectivity index (χ3v) is 8.25. The Labute approximate surface area is 231 Å². The first-order valence-electron chi connectivity index (χ1n) is 13.5. The van der Waals surface area contributed by atoms with Crippen molar-refractivity contribution in [3.8, 4) is 0 Å². The maximum absolute atomic E-state index is 13.7. The summed E-state index contributed by atoms with van der Waals surface area (Å²) < 4.78 is 7.90. The fourth-order valence-corrected chi connectivity index (χ4v) is 6.11. The van der Waals surface area contributed by atoms with Gasteiger partial charge in [-0.05, 0) is 75.8 Å². The molecule has 1 N–H and O–H groups in total. The Morgan fingerprint density at radius 2 is 2.03 bits per heavy atom. The lowest BCUT2D eigenvalue weighted by Crippen LogP contribution is -2.39. The maximum atomic E-state index is 13.7. The lowest BCUT2D eigenvalue weighted by atomic mass is 10.0. The number of thiophene rings is 1. The van der Waals surface area contributed by atoms with Gasteiger partial charge < -0.3 is 9.72 Å². The third kappa shape index (κ3) is 5.71. The van der Waals surface area contributed by atoms with Crippen LogP contribution in [0.3, 0.4) is 0 Å². The molecule has 1 aliphatic rings. The summed E-state index contributed by atoms with van der Waals surface area (Å²) in [6.45, 7) is 4.75. The summed E-state index contributed by atoms with van der Waals surface area (Å²) in [4.78, 5) is 20.4. The van der Waals surface area contributed by atoms with Crippen LogP contribution in [0.4, 0.5) is 0 Å². The second kappa shape index (κ2) is 11.6. The summed E-state index contributed by atoms with van der Waals surface area (Å²) in [6, 6.07) is 22.1. The van der Waals surface area contributed by atoms with Gasteiger partial charge in [-0.25, -0.2) is 4.68 Å². The van der Waals surface area contributed by atoms with Gasteiger partial charge in [-0.15, -0.1) is 16.4 Å². The molecule has 39 heavy (non-hydrogen) atoms. The van der Waals surface area contributed by atoms with E-state index < -0.39 is 6.04 Å². The van der Waals surface area contributed by atoms with E-state index in [0.29, 0.717) is 31.0 Å². The van der Waals surface area contributed by atoms with Crippen LogP contribution in [0.25, 0.3) is 10.9 Å². The van der Waals surface area contributed by atoms with Crippen molar-refractivity contribution in [1.82, 2.24) is 30.1 Å². The van der Waals surface area contributed by atoms with Crippen molar-refractivity contribution in [1.29, 1.82) is 0 Å². The van der Waals surface area contributed by atoms with Crippen molar-refractivity contribution in [3.05, 3.63) is 110 Å². The smallest absolute Gasteiger partial charge is 0.253 e. The molecule has 0 amide bonds. The van der Waals surface area contributed by atoms with Gasteiger partial charge in [0.25, 0.3) is 5.56 Å². The van der Waals surface area contributed by atoms with Gasteiger partial charge in [0.05, 0.1) is 12.6 Å². The number of hydrogen-bond acceptors (Lipinski definition) is 7. The average Bonchev–Trinajstić information content (AvgIpc) is 3.74. The molecule has 0 unspecified atom stereocenters. The van der Waals surface area contributed by atoms with Crippen molar-refractivity contribution in [2.45, 2.75) is 51.4 Å². The van der Waals surface area contributed by atoms with Crippen LogP contribution < -0.4 is 5.56 Å². The first-order valence-corrected chi connectivity index (χ1v) is 14.4. The molecule has 0 bridgehead atoms. The molecule has 8 nitrogen and oxygen atoms in total. The Hall–Kier alpha value is -3.66. The van der Waals surface area contributed by atoms with Gasteiger partial charge in [-0.3, -0.25) is 9.69 Å². The van der Waals surface area contributed by atoms with E-state index in [1.165, 1.54) is 10.4 Å². The van der Waals surface area contributed by atoms with E-state index in [1.54, 1.807) is 11.3 Å². The van der Waals surface area contributed by atoms with Gasteiger partial charge in [-0.2, -0.15) is 0 Å². The standard InChI is InChI=1S/C30H32N6O2S/c1-2-21-12-13-27-23(16-21)17-26(30(37)31-27)28(29-32-33-34-36(29)18-22-8-4-3-5-9-22)35(19-24-10-6-14-38-24)20-25-11-7-15-39-25/h3-5,7-9,11-13,15-17,24,28H,2,6,10,14,18-20H2,1H3,(H,31,37)/t24-,28-/m0/s1. The van der Waals surface area contributed by atoms with E-state index in [4.69, 9.17) is 4.74 Å². The normalized spacial score (nSPS) is 16.3. The van der Waals surface area contributed by atoms with Gasteiger partial charge in [0, 0.05) is 35.7 Å². The highest BCUT2D eigenvalue weighted by Gasteiger charge is 2.33. The zero-order valence-electron chi connectivity index (χ0n) is 22.0. The number of nitrogens with zero attached hydrogens (tertiary/aromatic N) is 5. The first kappa shape index (κ1) is 25.6. The van der Waals surface area contributed by atoms with Crippen LogP contribution in [-0.4, -0.2) is 49.3 Å². The number of nitrogens with one attached hydrogen (secondary N) is 1. The van der Waals surface area contributed by atoms with E-state index in [0.717, 1.165) is 42.3 Å². The molecule has 0 radical (unpaired) electrons. The highest BCUT2D eigenvalue weighted by Crippen LogP contribution is 2.31. The van der Waals surface area contributed by atoms with Crippen molar-refractivity contribution < 1.29 is 4.74 Å². The molecule has 9 heteroatoms. The average molecular weight is 541 g/mol. The second-order valence-corrected chi connectivity index (χ2v) is 11.1. The quantitative estimate of drug-likeness (QED) is 0.269. The van der Waals surface area contributed by atoms with Crippen LogP contribution in [0, 0.1) is 0 Å². The fourth-order valence-electron chi connectivity index (χ4n) is 5.39. The monoisotopic (exact) mass is 540 g/mol. The summed E-state index contributed by atoms with van der Waals surface area (Å²) in [7, 11) is 0. The molecule has 3 aromatic heterocycles. The second-order valence-electron chi connectivity index (χ2n) is 10.1. The topological polar surface area (TPSA) is 88.9 Å². The lowest BCUT2D eigenvalue weighted by molar-refractivity contribution is 0.0578. The maximum Gasteiger partial charge on any atom is 0.253 e. The molecule has 0 aliphatic carbocycles. The van der Waals surface area contributed by atoms with Crippen molar-refractivity contribution in [3.63, 3.8) is 0 Å². The molecule has 2 atom stereocenters. The Morgan fingerprint density at radius 3 is 2.79 bits per heavy atom. The summed E-state index contributed by atoms with van der Waals surface area (Å²) in [6.07, 6.45) is 3.06. The molecule has 5 aromatic rings. The number of aryl methyl sites for hydroxylation is 1. The van der Waals surface area contributed by atoms with Crippen molar-refractivity contribution in [2.75, 3.05) is 13.2 Å². The molecular weight excluding hydrogens is 508 g/mol. The number of aromatic nitrogens is 5. The number of benzene rings is 2. The van der Waals surface area contributed by atoms with Crippen molar-refractivity contribution >= 4 is 22.2 Å². The van der Waals surface area contributed by atoms with E-state index in [9.17, 15) is 4.79 Å². The number of hydrogen-bond donors (Lipinski definition) is 1. The van der Waals surface area contributed by atoms with Gasteiger partial charge in [-0.1, -0.05) is 49.4 Å². The zero-order valence-corrected chi connectivity index (χ0v) is 22.8. The summed E-state index contributed by atoms with van der Waals surface area (Å²) in [5, 5.41) is 16.1. The Morgan fingerprint density at radius 1 is 1.13 bits per heavy atom. The minimum Gasteiger partial charge on any atom is -0.377 e. The van der Waals surface area contributed by atoms with E-state index in [1.807, 2.05) is 35.0 Å². The molecule has 4 heterocycles. The van der Waals surface area contributed by atoms with Crippen LogP contribution in [0.1, 0.15) is 53.2 Å². The molecule has 0 saturated carbocycles. The molecule has 200 valence electrons. The molecule has 1 fully saturated rings. The van der Waals surface area contributed by atoms with Crippen LogP contribution in [-0.2, 0) is 24.2 Å². The number of tetrazole rings is 1. The summed E-state index contributed by atoms with van der Waals surface area (Å²) in [5.74, 6) is 0.643. The third-order valence-electron chi connectivity index (χ3n) is 7.39. The van der Waals surface area contributed by atoms with Crippen LogP contribution in [0.5, 0.6) is 0 Å².